The number of nitrogens with two attached hydrogens (primary N) is 1. The van der Waals surface area contributed by atoms with Gasteiger partial charge in [-0.2, -0.15) is 13.2 Å². The predicted octanol–water partition coefficient (Wildman–Crippen LogP) is 1.93. The Labute approximate surface area is 122 Å². The summed E-state index contributed by atoms with van der Waals surface area (Å²) < 4.78 is 43.5. The minimum absolute atomic E-state index is 0.180. The van der Waals surface area contributed by atoms with Crippen LogP contribution in [0.3, 0.4) is 0 Å². The monoisotopic (exact) mass is 303 g/mol. The van der Waals surface area contributed by atoms with E-state index >= 15 is 0 Å². The van der Waals surface area contributed by atoms with Crippen molar-refractivity contribution >= 4 is 0 Å². The molecule has 0 spiro atoms. The maximum Gasteiger partial charge on any atom is 0.416 e. The largest absolute Gasteiger partial charge is 0.416 e. The van der Waals surface area contributed by atoms with E-state index in [1.54, 1.807) is 0 Å². The van der Waals surface area contributed by atoms with Gasteiger partial charge in [-0.1, -0.05) is 19.1 Å². The van der Waals surface area contributed by atoms with Gasteiger partial charge in [0.15, 0.2) is 0 Å². The van der Waals surface area contributed by atoms with Crippen LogP contribution in [-0.2, 0) is 10.9 Å². The van der Waals surface area contributed by atoms with Gasteiger partial charge in [-0.25, -0.2) is 0 Å². The Hall–Kier alpha value is -1.15. The molecule has 1 fully saturated rings. The molecule has 0 amide bonds. The van der Waals surface area contributed by atoms with E-state index in [-0.39, 0.29) is 12.1 Å². The van der Waals surface area contributed by atoms with Crippen LogP contribution < -0.4 is 11.3 Å². The van der Waals surface area contributed by atoms with Crippen molar-refractivity contribution in [2.24, 2.45) is 5.84 Å². The van der Waals surface area contributed by atoms with Crippen molar-refractivity contribution in [2.75, 3.05) is 26.2 Å². The summed E-state index contributed by atoms with van der Waals surface area (Å²) in [7, 11) is 0. The predicted molar refractivity (Wildman–Crippen MR) is 73.4 cm³/mol. The SMILES string of the molecule is CCN1CCOC(C(NN)c2ccc(C(F)(F)F)cc2)C1. The molecule has 1 heterocycles. The van der Waals surface area contributed by atoms with E-state index in [4.69, 9.17) is 10.6 Å². The van der Waals surface area contributed by atoms with E-state index in [0.29, 0.717) is 18.7 Å². The number of halogens is 3. The molecule has 0 aliphatic carbocycles. The normalized spacial score (nSPS) is 22.2. The molecule has 0 saturated carbocycles. The molecule has 1 aliphatic rings. The summed E-state index contributed by atoms with van der Waals surface area (Å²) in [4.78, 5) is 2.22. The lowest BCUT2D eigenvalue weighted by Crippen LogP contribution is -2.49. The Morgan fingerprint density at radius 1 is 1.38 bits per heavy atom. The van der Waals surface area contributed by atoms with E-state index in [0.717, 1.165) is 25.2 Å². The van der Waals surface area contributed by atoms with Gasteiger partial charge in [0.1, 0.15) is 0 Å². The Kier molecular flexibility index (Phi) is 5.21. The fraction of sp³-hybridized carbons (Fsp3) is 0.571. The summed E-state index contributed by atoms with van der Waals surface area (Å²) in [5.41, 5.74) is 2.68. The maximum atomic E-state index is 12.6. The second kappa shape index (κ2) is 6.74. The fourth-order valence-corrected chi connectivity index (χ4v) is 2.52. The Balaban J connectivity index is 2.13. The molecule has 4 nitrogen and oxygen atoms in total. The molecule has 0 radical (unpaired) electrons. The molecule has 1 aliphatic heterocycles. The summed E-state index contributed by atoms with van der Waals surface area (Å²) in [6, 6.07) is 4.70. The molecule has 1 aromatic carbocycles. The molecule has 2 atom stereocenters. The van der Waals surface area contributed by atoms with Gasteiger partial charge in [0.2, 0.25) is 0 Å². The molecule has 1 saturated heterocycles. The number of morpholine rings is 1. The number of hydrazine groups is 1. The van der Waals surface area contributed by atoms with Gasteiger partial charge in [0.25, 0.3) is 0 Å². The lowest BCUT2D eigenvalue weighted by Gasteiger charge is -2.36. The van der Waals surface area contributed by atoms with Crippen LogP contribution in [0.5, 0.6) is 0 Å². The Morgan fingerprint density at radius 2 is 2.05 bits per heavy atom. The number of rotatable bonds is 4. The van der Waals surface area contributed by atoms with Gasteiger partial charge < -0.3 is 4.74 Å². The summed E-state index contributed by atoms with van der Waals surface area (Å²) in [5, 5.41) is 0. The second-order valence-electron chi connectivity index (χ2n) is 5.07. The number of hydrogen-bond acceptors (Lipinski definition) is 4. The van der Waals surface area contributed by atoms with Crippen LogP contribution in [0.4, 0.5) is 13.2 Å². The molecule has 21 heavy (non-hydrogen) atoms. The highest BCUT2D eigenvalue weighted by Crippen LogP contribution is 2.30. The number of nitrogens with zero attached hydrogens (tertiary/aromatic N) is 1. The van der Waals surface area contributed by atoms with Crippen LogP contribution in [0.15, 0.2) is 24.3 Å². The molecule has 0 bridgehead atoms. The number of nitrogens with one attached hydrogen (secondary N) is 1. The highest BCUT2D eigenvalue weighted by atomic mass is 19.4. The molecule has 3 N–H and O–H groups in total. The maximum absolute atomic E-state index is 12.6. The van der Waals surface area contributed by atoms with Gasteiger partial charge in [-0.3, -0.25) is 16.2 Å². The second-order valence-corrected chi connectivity index (χ2v) is 5.07. The van der Waals surface area contributed by atoms with Crippen LogP contribution in [0.25, 0.3) is 0 Å². The van der Waals surface area contributed by atoms with Gasteiger partial charge in [0, 0.05) is 13.1 Å². The van der Waals surface area contributed by atoms with Crippen molar-refractivity contribution in [1.82, 2.24) is 10.3 Å². The minimum Gasteiger partial charge on any atom is -0.374 e. The number of likely N-dealkylation sites (N-methyl/N-ethyl adjacent to an activating group) is 1. The van der Waals surface area contributed by atoms with E-state index in [1.807, 2.05) is 0 Å². The van der Waals surface area contributed by atoms with Crippen molar-refractivity contribution in [3.63, 3.8) is 0 Å². The summed E-state index contributed by atoms with van der Waals surface area (Å²) in [6.07, 6.45) is -4.51. The zero-order chi connectivity index (χ0) is 15.5. The zero-order valence-electron chi connectivity index (χ0n) is 11.9. The average Bonchev–Trinajstić information content (AvgIpc) is 2.48. The third-order valence-corrected chi connectivity index (χ3v) is 3.77. The molecule has 0 aromatic heterocycles. The first kappa shape index (κ1) is 16.2. The van der Waals surface area contributed by atoms with E-state index < -0.39 is 11.7 Å². The molecular weight excluding hydrogens is 283 g/mol. The van der Waals surface area contributed by atoms with Gasteiger partial charge in [0.05, 0.1) is 24.3 Å². The summed E-state index contributed by atoms with van der Waals surface area (Å²) in [6.45, 7) is 5.12. The summed E-state index contributed by atoms with van der Waals surface area (Å²) in [5.74, 6) is 5.58. The van der Waals surface area contributed by atoms with Crippen molar-refractivity contribution in [3.05, 3.63) is 35.4 Å². The first-order chi connectivity index (χ1) is 9.95. The van der Waals surface area contributed by atoms with Crippen molar-refractivity contribution in [3.8, 4) is 0 Å². The van der Waals surface area contributed by atoms with Gasteiger partial charge in [-0.15, -0.1) is 0 Å². The molecule has 2 unspecified atom stereocenters. The standard InChI is InChI=1S/C14H20F3N3O/c1-2-20-7-8-21-12(9-20)13(19-18)10-3-5-11(6-4-10)14(15,16)17/h3-6,12-13,19H,2,7-9,18H2,1H3. The van der Waals surface area contributed by atoms with Crippen LogP contribution >= 0.6 is 0 Å². The van der Waals surface area contributed by atoms with E-state index in [2.05, 4.69) is 17.2 Å². The van der Waals surface area contributed by atoms with Crippen LogP contribution in [0, 0.1) is 0 Å². The average molecular weight is 303 g/mol. The molecule has 1 aromatic rings. The fourth-order valence-electron chi connectivity index (χ4n) is 2.52. The van der Waals surface area contributed by atoms with Crippen LogP contribution in [-0.4, -0.2) is 37.2 Å². The third kappa shape index (κ3) is 3.94. The van der Waals surface area contributed by atoms with Gasteiger partial charge in [-0.05, 0) is 24.2 Å². The quantitative estimate of drug-likeness (QED) is 0.659. The first-order valence-corrected chi connectivity index (χ1v) is 6.93. The molecule has 7 heteroatoms. The van der Waals surface area contributed by atoms with Crippen molar-refractivity contribution in [1.29, 1.82) is 0 Å². The number of benzene rings is 1. The van der Waals surface area contributed by atoms with Gasteiger partial charge >= 0.3 is 6.18 Å². The number of ether oxygens (including phenoxy) is 1. The Morgan fingerprint density at radius 3 is 2.57 bits per heavy atom. The molecular formula is C14H20F3N3O. The molecule has 2 rings (SSSR count). The summed E-state index contributed by atoms with van der Waals surface area (Å²) >= 11 is 0. The number of hydrogen-bond donors (Lipinski definition) is 2. The minimum atomic E-state index is -4.33. The topological polar surface area (TPSA) is 50.5 Å². The van der Waals surface area contributed by atoms with Crippen molar-refractivity contribution < 1.29 is 17.9 Å². The lowest BCUT2D eigenvalue weighted by molar-refractivity contribution is -0.137. The van der Waals surface area contributed by atoms with E-state index in [1.165, 1.54) is 12.1 Å². The van der Waals surface area contributed by atoms with Crippen molar-refractivity contribution in [2.45, 2.75) is 25.2 Å². The smallest absolute Gasteiger partial charge is 0.374 e. The lowest BCUT2D eigenvalue weighted by atomic mass is 9.99. The van der Waals surface area contributed by atoms with Crippen LogP contribution in [0.1, 0.15) is 24.1 Å². The molecule has 118 valence electrons. The first-order valence-electron chi connectivity index (χ1n) is 6.93. The third-order valence-electron chi connectivity index (χ3n) is 3.77. The Bertz CT molecular complexity index is 450. The van der Waals surface area contributed by atoms with E-state index in [9.17, 15) is 13.2 Å². The highest BCUT2D eigenvalue weighted by Gasteiger charge is 2.32. The number of alkyl halides is 3. The van der Waals surface area contributed by atoms with Crippen LogP contribution in [0.2, 0.25) is 0 Å². The zero-order valence-corrected chi connectivity index (χ0v) is 11.9. The highest BCUT2D eigenvalue weighted by molar-refractivity contribution is 5.27.